The van der Waals surface area contributed by atoms with Gasteiger partial charge in [0.1, 0.15) is 0 Å². The summed E-state index contributed by atoms with van der Waals surface area (Å²) in [5.74, 6) is 0. The number of nitrogens with zero attached hydrogens (tertiary/aromatic N) is 1. The van der Waals surface area contributed by atoms with Gasteiger partial charge in [-0.2, -0.15) is 0 Å². The molecular weight excluding hydrogens is 236 g/mol. The molecule has 1 rings (SSSR count). The summed E-state index contributed by atoms with van der Waals surface area (Å²) in [6.07, 6.45) is 6.39. The lowest BCUT2D eigenvalue weighted by atomic mass is 10.0. The molecule has 0 amide bonds. The van der Waals surface area contributed by atoms with E-state index in [0.717, 1.165) is 24.2 Å². The Hall–Kier alpha value is -1.33. The first-order chi connectivity index (χ1) is 7.91. The minimum atomic E-state index is -3.29. The molecule has 4 nitrogen and oxygen atoms in total. The molecule has 0 saturated carbocycles. The Morgan fingerprint density at radius 1 is 1.47 bits per heavy atom. The lowest BCUT2D eigenvalue weighted by Crippen LogP contribution is -2.25. The van der Waals surface area contributed by atoms with Gasteiger partial charge < -0.3 is 5.32 Å². The van der Waals surface area contributed by atoms with E-state index in [2.05, 4.69) is 18.5 Å². The number of rotatable bonds is 5. The predicted molar refractivity (Wildman–Crippen MR) is 71.0 cm³/mol. The molecule has 1 heterocycles. The van der Waals surface area contributed by atoms with Crippen LogP contribution in [0.25, 0.3) is 0 Å². The third kappa shape index (κ3) is 3.08. The fraction of sp³-hybridized carbons (Fsp3) is 0.333. The SMILES string of the molecule is C=CC(C1=CCNC1)=C(C=C)N(C)S(C)(=O)=O. The van der Waals surface area contributed by atoms with Gasteiger partial charge in [0.2, 0.25) is 10.0 Å². The molecule has 0 bridgehead atoms. The topological polar surface area (TPSA) is 49.4 Å². The maximum atomic E-state index is 11.5. The average molecular weight is 254 g/mol. The third-order valence-corrected chi connectivity index (χ3v) is 3.86. The van der Waals surface area contributed by atoms with Crippen molar-refractivity contribution in [1.29, 1.82) is 0 Å². The maximum Gasteiger partial charge on any atom is 0.232 e. The highest BCUT2D eigenvalue weighted by Gasteiger charge is 2.18. The summed E-state index contributed by atoms with van der Waals surface area (Å²) in [5.41, 5.74) is 2.40. The molecule has 17 heavy (non-hydrogen) atoms. The maximum absolute atomic E-state index is 11.5. The van der Waals surface area contributed by atoms with Crippen molar-refractivity contribution < 1.29 is 8.42 Å². The van der Waals surface area contributed by atoms with Gasteiger partial charge in [-0.15, -0.1) is 0 Å². The summed E-state index contributed by atoms with van der Waals surface area (Å²) in [7, 11) is -1.78. The lowest BCUT2D eigenvalue weighted by Gasteiger charge is -2.21. The summed E-state index contributed by atoms with van der Waals surface area (Å²) in [4.78, 5) is 0. The van der Waals surface area contributed by atoms with Crippen LogP contribution in [0.2, 0.25) is 0 Å². The van der Waals surface area contributed by atoms with Gasteiger partial charge in [-0.3, -0.25) is 4.31 Å². The second-order valence-electron chi connectivity index (χ2n) is 3.80. The average Bonchev–Trinajstić information content (AvgIpc) is 2.76. The molecular formula is C12H18N2O2S. The highest BCUT2D eigenvalue weighted by molar-refractivity contribution is 7.88. The number of allylic oxidation sites excluding steroid dienone is 2. The largest absolute Gasteiger partial charge is 0.309 e. The quantitative estimate of drug-likeness (QED) is 0.746. The van der Waals surface area contributed by atoms with Crippen LogP contribution in [-0.2, 0) is 10.0 Å². The van der Waals surface area contributed by atoms with E-state index in [0.29, 0.717) is 5.70 Å². The Morgan fingerprint density at radius 2 is 2.12 bits per heavy atom. The number of nitrogens with one attached hydrogen (secondary N) is 1. The van der Waals surface area contributed by atoms with Gasteiger partial charge in [-0.05, 0) is 11.6 Å². The zero-order valence-corrected chi connectivity index (χ0v) is 11.0. The van der Waals surface area contributed by atoms with Crippen molar-refractivity contribution in [2.24, 2.45) is 0 Å². The zero-order chi connectivity index (χ0) is 13.1. The minimum absolute atomic E-state index is 0.553. The van der Waals surface area contributed by atoms with Gasteiger partial charge >= 0.3 is 0 Å². The molecule has 0 aromatic rings. The molecule has 0 fully saturated rings. The first-order valence-corrected chi connectivity index (χ1v) is 7.09. The van der Waals surface area contributed by atoms with Gasteiger partial charge in [0.05, 0.1) is 12.0 Å². The van der Waals surface area contributed by atoms with E-state index in [9.17, 15) is 8.42 Å². The van der Waals surface area contributed by atoms with Crippen LogP contribution in [0.4, 0.5) is 0 Å². The van der Waals surface area contributed by atoms with Crippen molar-refractivity contribution in [1.82, 2.24) is 9.62 Å². The first-order valence-electron chi connectivity index (χ1n) is 5.25. The number of likely N-dealkylation sites (N-methyl/N-ethyl adjacent to an activating group) is 1. The molecule has 5 heteroatoms. The van der Waals surface area contributed by atoms with Crippen molar-refractivity contribution in [3.8, 4) is 0 Å². The second kappa shape index (κ2) is 5.33. The summed E-state index contributed by atoms with van der Waals surface area (Å²) in [5, 5.41) is 3.17. The fourth-order valence-electron chi connectivity index (χ4n) is 1.67. The van der Waals surface area contributed by atoms with E-state index in [-0.39, 0.29) is 0 Å². The van der Waals surface area contributed by atoms with Crippen LogP contribution in [0.1, 0.15) is 0 Å². The van der Waals surface area contributed by atoms with Gasteiger partial charge in [-0.25, -0.2) is 8.42 Å². The highest BCUT2D eigenvalue weighted by Crippen LogP contribution is 2.22. The molecule has 0 aromatic carbocycles. The summed E-state index contributed by atoms with van der Waals surface area (Å²) in [6, 6.07) is 0. The van der Waals surface area contributed by atoms with Crippen molar-refractivity contribution in [3.05, 3.63) is 48.2 Å². The van der Waals surface area contributed by atoms with Crippen LogP contribution in [0.15, 0.2) is 48.2 Å². The van der Waals surface area contributed by atoms with E-state index < -0.39 is 10.0 Å². The van der Waals surface area contributed by atoms with Crippen LogP contribution in [0.3, 0.4) is 0 Å². The van der Waals surface area contributed by atoms with Gasteiger partial charge in [-0.1, -0.05) is 25.3 Å². The first kappa shape index (κ1) is 13.7. The summed E-state index contributed by atoms with van der Waals surface area (Å²) in [6.45, 7) is 8.93. The van der Waals surface area contributed by atoms with Gasteiger partial charge in [0.15, 0.2) is 0 Å². The molecule has 0 atom stereocenters. The van der Waals surface area contributed by atoms with Gasteiger partial charge in [0.25, 0.3) is 0 Å². The smallest absolute Gasteiger partial charge is 0.232 e. The van der Waals surface area contributed by atoms with Crippen LogP contribution in [0.5, 0.6) is 0 Å². The second-order valence-corrected chi connectivity index (χ2v) is 5.81. The monoisotopic (exact) mass is 254 g/mol. The number of sulfonamides is 1. The normalized spacial score (nSPS) is 17.2. The Labute approximate surface area is 103 Å². The zero-order valence-electron chi connectivity index (χ0n) is 10.2. The third-order valence-electron chi connectivity index (χ3n) is 2.66. The van der Waals surface area contributed by atoms with E-state index in [1.807, 2.05) is 6.08 Å². The van der Waals surface area contributed by atoms with Crippen molar-refractivity contribution in [2.75, 3.05) is 26.4 Å². The molecule has 0 aromatic heterocycles. The Morgan fingerprint density at radius 3 is 2.47 bits per heavy atom. The minimum Gasteiger partial charge on any atom is -0.309 e. The van der Waals surface area contributed by atoms with E-state index in [1.165, 1.54) is 23.7 Å². The van der Waals surface area contributed by atoms with Crippen molar-refractivity contribution in [2.45, 2.75) is 0 Å². The molecule has 94 valence electrons. The number of hydrogen-bond acceptors (Lipinski definition) is 3. The fourth-order valence-corrected chi connectivity index (χ4v) is 2.20. The molecule has 0 saturated heterocycles. The molecule has 1 N–H and O–H groups in total. The van der Waals surface area contributed by atoms with E-state index in [1.54, 1.807) is 6.08 Å². The van der Waals surface area contributed by atoms with Crippen LogP contribution in [0, 0.1) is 0 Å². The van der Waals surface area contributed by atoms with Crippen LogP contribution < -0.4 is 5.32 Å². The molecule has 0 spiro atoms. The number of hydrogen-bond donors (Lipinski definition) is 1. The standard InChI is InChI=1S/C12H18N2O2S/c1-5-11(10-7-8-13-9-10)12(6-2)14(3)17(4,15)16/h5-7,13H,1-2,8-9H2,3-4H3. The lowest BCUT2D eigenvalue weighted by molar-refractivity contribution is 0.535. The summed E-state index contributed by atoms with van der Waals surface area (Å²) >= 11 is 0. The molecule has 0 radical (unpaired) electrons. The van der Waals surface area contributed by atoms with Gasteiger partial charge in [0, 0.05) is 25.7 Å². The van der Waals surface area contributed by atoms with Crippen molar-refractivity contribution in [3.63, 3.8) is 0 Å². The van der Waals surface area contributed by atoms with E-state index in [4.69, 9.17) is 0 Å². The molecule has 1 aliphatic rings. The van der Waals surface area contributed by atoms with Crippen LogP contribution >= 0.6 is 0 Å². The van der Waals surface area contributed by atoms with E-state index >= 15 is 0 Å². The summed E-state index contributed by atoms with van der Waals surface area (Å²) < 4.78 is 24.3. The Balaban J connectivity index is 3.28. The predicted octanol–water partition coefficient (Wildman–Crippen LogP) is 1.03. The molecule has 0 aliphatic carbocycles. The molecule has 0 unspecified atom stereocenters. The Kier molecular flexibility index (Phi) is 4.31. The highest BCUT2D eigenvalue weighted by atomic mass is 32.2. The molecule has 1 aliphatic heterocycles. The van der Waals surface area contributed by atoms with Crippen LogP contribution in [-0.4, -0.2) is 39.1 Å². The Bertz CT molecular complexity index is 487. The van der Waals surface area contributed by atoms with Crippen molar-refractivity contribution >= 4 is 10.0 Å².